The highest BCUT2D eigenvalue weighted by atomic mass is 16.8. The van der Waals surface area contributed by atoms with Crippen molar-refractivity contribution in [3.05, 3.63) is 108 Å². The number of fused-ring (bicyclic) bond motifs is 1. The van der Waals surface area contributed by atoms with Gasteiger partial charge in [0, 0.05) is 5.56 Å². The molecular formula is C37H42O6. The minimum absolute atomic E-state index is 0.145. The van der Waals surface area contributed by atoms with Gasteiger partial charge in [-0.2, -0.15) is 0 Å². The molecule has 9 rings (SSSR count). The van der Waals surface area contributed by atoms with Gasteiger partial charge in [0.25, 0.3) is 0 Å². The molecule has 6 nitrogen and oxygen atoms in total. The van der Waals surface area contributed by atoms with Crippen LogP contribution in [0.2, 0.25) is 0 Å². The molecule has 0 amide bonds. The van der Waals surface area contributed by atoms with Crippen molar-refractivity contribution in [1.29, 1.82) is 0 Å². The lowest BCUT2D eigenvalue weighted by Gasteiger charge is -2.58. The normalized spacial score (nSPS) is 38.1. The van der Waals surface area contributed by atoms with E-state index in [-0.39, 0.29) is 17.8 Å². The Bertz CT molecular complexity index is 1300. The lowest BCUT2D eigenvalue weighted by molar-refractivity contribution is -0.391. The van der Waals surface area contributed by atoms with Crippen LogP contribution in [0.15, 0.2) is 91.0 Å². The zero-order chi connectivity index (χ0) is 28.6. The van der Waals surface area contributed by atoms with Crippen molar-refractivity contribution in [2.24, 2.45) is 17.8 Å². The molecule has 2 heterocycles. The molecule has 3 unspecified atom stereocenters. The molecule has 2 saturated heterocycles. The van der Waals surface area contributed by atoms with Crippen molar-refractivity contribution in [3.63, 3.8) is 0 Å². The summed E-state index contributed by atoms with van der Waals surface area (Å²) in [6.07, 6.45) is 4.81. The maximum Gasteiger partial charge on any atom is 0.187 e. The van der Waals surface area contributed by atoms with Crippen molar-refractivity contribution in [1.82, 2.24) is 0 Å². The van der Waals surface area contributed by atoms with Gasteiger partial charge < -0.3 is 28.4 Å². The number of benzene rings is 3. The minimum atomic E-state index is -0.567. The maximum absolute atomic E-state index is 7.20. The summed E-state index contributed by atoms with van der Waals surface area (Å²) >= 11 is 0. The van der Waals surface area contributed by atoms with Gasteiger partial charge in [0.15, 0.2) is 12.6 Å². The van der Waals surface area contributed by atoms with Crippen molar-refractivity contribution in [3.8, 4) is 0 Å². The standard InChI is InChI=1S/C37H42O6/c1-4-10-25(11-5-1)22-38-33-32-31(24-40-35(42-32)30-14-8-3-9-15-30)41-36(34(33)39-23-26-12-6-2-7-13-26)43-37-19-27-16-28(20-37)18-29(17-27)21-37/h1-15,27-29,31-36H,16-24H2/t27?,28?,29?,31?,32-,33-,34?,35?,36+,37?/m1/s1. The number of hydrogen-bond donors (Lipinski definition) is 0. The van der Waals surface area contributed by atoms with Gasteiger partial charge in [0.2, 0.25) is 0 Å². The lowest BCUT2D eigenvalue weighted by Crippen LogP contribution is -2.65. The monoisotopic (exact) mass is 582 g/mol. The van der Waals surface area contributed by atoms with E-state index in [4.69, 9.17) is 28.4 Å². The Balaban J connectivity index is 1.10. The second-order valence-corrected chi connectivity index (χ2v) is 13.5. The Morgan fingerprint density at radius 1 is 0.628 bits per heavy atom. The first-order chi connectivity index (χ1) is 21.2. The first-order valence-electron chi connectivity index (χ1n) is 16.2. The summed E-state index contributed by atoms with van der Waals surface area (Å²) in [7, 11) is 0. The van der Waals surface area contributed by atoms with Crippen molar-refractivity contribution >= 4 is 0 Å². The maximum atomic E-state index is 7.20. The van der Waals surface area contributed by atoms with Crippen LogP contribution in [-0.4, -0.2) is 42.9 Å². The third-order valence-corrected chi connectivity index (χ3v) is 10.3. The average Bonchev–Trinajstić information content (AvgIpc) is 3.03. The predicted molar refractivity (Wildman–Crippen MR) is 161 cm³/mol. The molecular weight excluding hydrogens is 540 g/mol. The molecule has 4 bridgehead atoms. The van der Waals surface area contributed by atoms with Crippen molar-refractivity contribution < 1.29 is 28.4 Å². The average molecular weight is 583 g/mol. The van der Waals surface area contributed by atoms with Crippen LogP contribution in [0.5, 0.6) is 0 Å². The largest absolute Gasteiger partial charge is 0.368 e. The Morgan fingerprint density at radius 3 is 1.74 bits per heavy atom. The Kier molecular flexibility index (Phi) is 7.84. The van der Waals surface area contributed by atoms with Gasteiger partial charge in [-0.1, -0.05) is 91.0 Å². The second-order valence-electron chi connectivity index (χ2n) is 13.5. The summed E-state index contributed by atoms with van der Waals surface area (Å²) < 4.78 is 40.6. The molecule has 4 aliphatic carbocycles. The first-order valence-corrected chi connectivity index (χ1v) is 16.2. The highest BCUT2D eigenvalue weighted by Gasteiger charge is 2.57. The number of ether oxygens (including phenoxy) is 6. The molecule has 0 radical (unpaired) electrons. The predicted octanol–water partition coefficient (Wildman–Crippen LogP) is 6.98. The van der Waals surface area contributed by atoms with E-state index in [1.165, 1.54) is 19.3 Å². The van der Waals surface area contributed by atoms with Gasteiger partial charge in [0.1, 0.15) is 24.4 Å². The molecule has 3 aromatic carbocycles. The van der Waals surface area contributed by atoms with Gasteiger partial charge in [-0.15, -0.1) is 0 Å². The molecule has 43 heavy (non-hydrogen) atoms. The molecule has 0 N–H and O–H groups in total. The molecule has 6 heteroatoms. The van der Waals surface area contributed by atoms with E-state index in [1.54, 1.807) is 0 Å². The van der Waals surface area contributed by atoms with Crippen LogP contribution in [0.25, 0.3) is 0 Å². The van der Waals surface area contributed by atoms with Crippen LogP contribution in [0.4, 0.5) is 0 Å². The molecule has 226 valence electrons. The summed E-state index contributed by atoms with van der Waals surface area (Å²) in [6, 6.07) is 30.7. The number of hydrogen-bond acceptors (Lipinski definition) is 6. The Morgan fingerprint density at radius 2 is 1.16 bits per heavy atom. The summed E-state index contributed by atoms with van der Waals surface area (Å²) in [5, 5.41) is 0. The summed E-state index contributed by atoms with van der Waals surface area (Å²) in [5.41, 5.74) is 3.05. The van der Waals surface area contributed by atoms with E-state index >= 15 is 0 Å². The molecule has 3 aromatic rings. The zero-order valence-corrected chi connectivity index (χ0v) is 24.7. The van der Waals surface area contributed by atoms with E-state index in [9.17, 15) is 0 Å². The van der Waals surface area contributed by atoms with Crippen LogP contribution in [0, 0.1) is 17.8 Å². The van der Waals surface area contributed by atoms with Crippen LogP contribution >= 0.6 is 0 Å². The van der Waals surface area contributed by atoms with Crippen LogP contribution in [-0.2, 0) is 41.6 Å². The third kappa shape index (κ3) is 5.94. The van der Waals surface area contributed by atoms with Crippen molar-refractivity contribution in [2.45, 2.75) is 94.3 Å². The number of rotatable bonds is 9. The quantitative estimate of drug-likeness (QED) is 0.271. The molecule has 0 spiro atoms. The van der Waals surface area contributed by atoms with E-state index in [1.807, 2.05) is 66.7 Å². The van der Waals surface area contributed by atoms with Crippen LogP contribution < -0.4 is 0 Å². The fraction of sp³-hybridized carbons (Fsp3) is 0.514. The fourth-order valence-electron chi connectivity index (χ4n) is 8.74. The van der Waals surface area contributed by atoms with Gasteiger partial charge >= 0.3 is 0 Å². The molecule has 2 aliphatic heterocycles. The molecule has 6 aliphatic rings. The van der Waals surface area contributed by atoms with E-state index < -0.39 is 24.8 Å². The topological polar surface area (TPSA) is 55.4 Å². The highest BCUT2D eigenvalue weighted by molar-refractivity contribution is 5.18. The second kappa shape index (κ2) is 12.1. The summed E-state index contributed by atoms with van der Waals surface area (Å²) in [5.74, 6) is 2.30. The SMILES string of the molecule is c1ccc(COC2[C@H](OC34CC5CC(CC(C5)C3)C4)OC3COC(c4ccccc4)O[C@H]3[C@H]2OCc2ccccc2)cc1. The molecule has 6 atom stereocenters. The van der Waals surface area contributed by atoms with Gasteiger partial charge in [-0.25, -0.2) is 0 Å². The third-order valence-electron chi connectivity index (χ3n) is 10.3. The highest BCUT2D eigenvalue weighted by Crippen LogP contribution is 2.58. The minimum Gasteiger partial charge on any atom is -0.368 e. The Hall–Kier alpha value is -2.58. The van der Waals surface area contributed by atoms with E-state index in [0.29, 0.717) is 19.8 Å². The van der Waals surface area contributed by atoms with Crippen molar-refractivity contribution in [2.75, 3.05) is 6.61 Å². The fourth-order valence-corrected chi connectivity index (χ4v) is 8.74. The smallest absolute Gasteiger partial charge is 0.187 e. The summed E-state index contributed by atoms with van der Waals surface area (Å²) in [4.78, 5) is 0. The Labute approximate surface area is 254 Å². The lowest BCUT2D eigenvalue weighted by atomic mass is 9.54. The van der Waals surface area contributed by atoms with E-state index in [2.05, 4.69) is 24.3 Å². The summed E-state index contributed by atoms with van der Waals surface area (Å²) in [6.45, 7) is 1.29. The van der Waals surface area contributed by atoms with E-state index in [0.717, 1.165) is 53.7 Å². The molecule has 6 fully saturated rings. The van der Waals surface area contributed by atoms with Crippen LogP contribution in [0.1, 0.15) is 61.5 Å². The molecule has 0 aromatic heterocycles. The molecule has 4 saturated carbocycles. The van der Waals surface area contributed by atoms with Gasteiger partial charge in [-0.05, 0) is 67.4 Å². The first kappa shape index (κ1) is 27.9. The van der Waals surface area contributed by atoms with Gasteiger partial charge in [0.05, 0.1) is 25.4 Å². The van der Waals surface area contributed by atoms with Crippen LogP contribution in [0.3, 0.4) is 0 Å². The zero-order valence-electron chi connectivity index (χ0n) is 24.7. The van der Waals surface area contributed by atoms with Gasteiger partial charge in [-0.3, -0.25) is 0 Å².